The maximum atomic E-state index is 11.1. The molecule has 0 saturated carbocycles. The number of ether oxygens (including phenoxy) is 1. The molecule has 0 radical (unpaired) electrons. The Kier molecular flexibility index (Phi) is 4.72. The summed E-state index contributed by atoms with van der Waals surface area (Å²) in [5.41, 5.74) is 0.374. The fourth-order valence-corrected chi connectivity index (χ4v) is 0.911. The van der Waals surface area contributed by atoms with Gasteiger partial charge in [0.25, 0.3) is 0 Å². The fourth-order valence-electron chi connectivity index (χ4n) is 0.911. The molecule has 0 saturated heterocycles. The van der Waals surface area contributed by atoms with Crippen LogP contribution in [0.2, 0.25) is 0 Å². The summed E-state index contributed by atoms with van der Waals surface area (Å²) in [6.07, 6.45) is 2.01. The molecule has 0 aliphatic carbocycles. The largest absolute Gasteiger partial charge is 0.545 e. The number of carbonyl (C=O) groups excluding carboxylic acids is 1. The first-order chi connectivity index (χ1) is 7.97. The molecule has 1 rings (SSSR count). The second kappa shape index (κ2) is 6.06. The van der Waals surface area contributed by atoms with Gasteiger partial charge in [-0.25, -0.2) is 4.79 Å². The minimum Gasteiger partial charge on any atom is -0.401 e. The summed E-state index contributed by atoms with van der Waals surface area (Å²) in [5.74, 6) is 0. The van der Waals surface area contributed by atoms with Gasteiger partial charge in [0, 0.05) is 0 Å². The predicted molar refractivity (Wildman–Crippen MR) is 63.9 cm³/mol. The number of hydrogen-bond donors (Lipinski definition) is 0. The van der Waals surface area contributed by atoms with E-state index in [1.165, 1.54) is 6.26 Å². The molecule has 4 heteroatoms. The van der Waals surface area contributed by atoms with Gasteiger partial charge in [-0.3, -0.25) is 4.89 Å². The summed E-state index contributed by atoms with van der Waals surface area (Å²) in [5, 5.41) is 0. The van der Waals surface area contributed by atoms with Crippen LogP contribution in [0.15, 0.2) is 36.6 Å². The van der Waals surface area contributed by atoms with Crippen LogP contribution < -0.4 is 0 Å². The molecule has 0 fully saturated rings. The summed E-state index contributed by atoms with van der Waals surface area (Å²) in [6.45, 7) is 5.29. The van der Waals surface area contributed by atoms with Crippen LogP contribution in [0, 0.1) is 0 Å². The van der Waals surface area contributed by atoms with Crippen molar-refractivity contribution in [1.29, 1.82) is 0 Å². The van der Waals surface area contributed by atoms with Crippen molar-refractivity contribution < 1.29 is 19.3 Å². The first kappa shape index (κ1) is 13.3. The van der Waals surface area contributed by atoms with Crippen LogP contribution in [0.4, 0.5) is 4.79 Å². The summed E-state index contributed by atoms with van der Waals surface area (Å²) < 4.78 is 4.67. The smallest absolute Gasteiger partial charge is 0.401 e. The van der Waals surface area contributed by atoms with Gasteiger partial charge in [0.05, 0.1) is 6.26 Å². The molecule has 0 aliphatic heterocycles. The quantitative estimate of drug-likeness (QED) is 0.348. The monoisotopic (exact) mass is 236 g/mol. The van der Waals surface area contributed by atoms with Gasteiger partial charge in [-0.05, 0) is 32.4 Å². The third kappa shape index (κ3) is 6.37. The molecule has 0 amide bonds. The van der Waals surface area contributed by atoms with Crippen molar-refractivity contribution in [3.63, 3.8) is 0 Å². The normalized spacial score (nSPS) is 11.5. The lowest BCUT2D eigenvalue weighted by molar-refractivity contribution is -0.309. The van der Waals surface area contributed by atoms with Gasteiger partial charge in [-0.15, -0.1) is 0 Å². The zero-order valence-electron chi connectivity index (χ0n) is 10.2. The number of carbonyl (C=O) groups is 1. The van der Waals surface area contributed by atoms with Gasteiger partial charge in [0.15, 0.2) is 0 Å². The zero-order valence-corrected chi connectivity index (χ0v) is 10.2. The molecule has 92 valence electrons. The van der Waals surface area contributed by atoms with Crippen molar-refractivity contribution in [1.82, 2.24) is 0 Å². The Balaban J connectivity index is 2.31. The minimum absolute atomic E-state index is 0.553. The zero-order chi connectivity index (χ0) is 12.7. The van der Waals surface area contributed by atoms with Crippen molar-refractivity contribution in [3.05, 3.63) is 42.2 Å². The lowest BCUT2D eigenvalue weighted by Gasteiger charge is -2.15. The summed E-state index contributed by atoms with van der Waals surface area (Å²) in [4.78, 5) is 20.3. The van der Waals surface area contributed by atoms with Crippen molar-refractivity contribution in [2.24, 2.45) is 0 Å². The molecule has 0 bridgehead atoms. The standard InChI is InChI=1S/C13H16O4/c1-13(2,3)17-16-12(14)15-10-9-11-7-5-4-6-8-11/h4-10H,1-3H3. The van der Waals surface area contributed by atoms with E-state index in [1.54, 1.807) is 26.8 Å². The maximum Gasteiger partial charge on any atom is 0.545 e. The van der Waals surface area contributed by atoms with Crippen molar-refractivity contribution in [3.8, 4) is 0 Å². The molecular weight excluding hydrogens is 220 g/mol. The highest BCUT2D eigenvalue weighted by atomic mass is 17.2. The molecule has 0 aromatic heterocycles. The first-order valence-electron chi connectivity index (χ1n) is 5.25. The van der Waals surface area contributed by atoms with E-state index in [2.05, 4.69) is 9.62 Å². The van der Waals surface area contributed by atoms with E-state index < -0.39 is 11.8 Å². The molecule has 0 aliphatic rings. The minimum atomic E-state index is -0.896. The average molecular weight is 236 g/mol. The van der Waals surface area contributed by atoms with E-state index in [0.29, 0.717) is 0 Å². The Labute approximate surface area is 101 Å². The molecule has 0 atom stereocenters. The van der Waals surface area contributed by atoms with Gasteiger partial charge in [0.2, 0.25) is 0 Å². The van der Waals surface area contributed by atoms with Gasteiger partial charge in [0.1, 0.15) is 5.60 Å². The lowest BCUT2D eigenvalue weighted by atomic mass is 10.2. The summed E-state index contributed by atoms with van der Waals surface area (Å²) in [7, 11) is 0. The van der Waals surface area contributed by atoms with Crippen LogP contribution >= 0.6 is 0 Å². The van der Waals surface area contributed by atoms with Gasteiger partial charge >= 0.3 is 6.16 Å². The first-order valence-corrected chi connectivity index (χ1v) is 5.25. The van der Waals surface area contributed by atoms with Crippen LogP contribution in [0.1, 0.15) is 26.3 Å². The molecule has 0 N–H and O–H groups in total. The van der Waals surface area contributed by atoms with E-state index in [1.807, 2.05) is 30.3 Å². The van der Waals surface area contributed by atoms with E-state index >= 15 is 0 Å². The van der Waals surface area contributed by atoms with Crippen LogP contribution in [-0.4, -0.2) is 11.8 Å². The predicted octanol–water partition coefficient (Wildman–Crippen LogP) is 3.54. The van der Waals surface area contributed by atoms with Crippen molar-refractivity contribution in [2.45, 2.75) is 26.4 Å². The third-order valence-corrected chi connectivity index (χ3v) is 1.58. The summed E-state index contributed by atoms with van der Waals surface area (Å²) in [6, 6.07) is 9.46. The molecule has 1 aromatic rings. The summed E-state index contributed by atoms with van der Waals surface area (Å²) >= 11 is 0. The highest BCUT2D eigenvalue weighted by molar-refractivity contribution is 5.61. The Morgan fingerprint density at radius 2 is 1.82 bits per heavy atom. The van der Waals surface area contributed by atoms with Crippen LogP contribution in [0.5, 0.6) is 0 Å². The number of hydrogen-bond acceptors (Lipinski definition) is 4. The van der Waals surface area contributed by atoms with Crippen LogP contribution in [0.3, 0.4) is 0 Å². The van der Waals surface area contributed by atoms with Gasteiger partial charge in [-0.2, -0.15) is 4.89 Å². The van der Waals surface area contributed by atoms with Crippen LogP contribution in [0.25, 0.3) is 6.08 Å². The topological polar surface area (TPSA) is 44.8 Å². The van der Waals surface area contributed by atoms with Crippen molar-refractivity contribution in [2.75, 3.05) is 0 Å². The second-order valence-corrected chi connectivity index (χ2v) is 4.36. The average Bonchev–Trinajstić information content (AvgIpc) is 2.27. The van der Waals surface area contributed by atoms with Gasteiger partial charge in [-0.1, -0.05) is 30.3 Å². The van der Waals surface area contributed by atoms with E-state index in [4.69, 9.17) is 4.89 Å². The molecule has 4 nitrogen and oxygen atoms in total. The lowest BCUT2D eigenvalue weighted by Crippen LogP contribution is -2.21. The number of rotatable bonds is 3. The van der Waals surface area contributed by atoms with E-state index in [9.17, 15) is 4.79 Å². The van der Waals surface area contributed by atoms with E-state index in [-0.39, 0.29) is 0 Å². The maximum absolute atomic E-state index is 11.1. The second-order valence-electron chi connectivity index (χ2n) is 4.36. The Bertz CT molecular complexity index is 376. The Morgan fingerprint density at radius 3 is 2.41 bits per heavy atom. The SMILES string of the molecule is CC(C)(C)OOC(=O)OC=Cc1ccccc1. The molecule has 0 spiro atoms. The van der Waals surface area contributed by atoms with Crippen LogP contribution in [-0.2, 0) is 14.5 Å². The highest BCUT2D eigenvalue weighted by Gasteiger charge is 2.15. The Hall–Kier alpha value is -1.81. The highest BCUT2D eigenvalue weighted by Crippen LogP contribution is 2.08. The molecule has 0 heterocycles. The fraction of sp³-hybridized carbons (Fsp3) is 0.308. The number of benzene rings is 1. The third-order valence-electron chi connectivity index (χ3n) is 1.58. The molecule has 17 heavy (non-hydrogen) atoms. The Morgan fingerprint density at radius 1 is 1.18 bits per heavy atom. The molecule has 1 aromatic carbocycles. The van der Waals surface area contributed by atoms with E-state index in [0.717, 1.165) is 5.56 Å². The molecule has 0 unspecified atom stereocenters. The van der Waals surface area contributed by atoms with Gasteiger partial charge < -0.3 is 4.74 Å². The molecular formula is C13H16O4. The van der Waals surface area contributed by atoms with Crippen molar-refractivity contribution >= 4 is 12.2 Å².